The molecule has 0 unspecified atom stereocenters. The van der Waals surface area contributed by atoms with E-state index in [1.807, 2.05) is 30.3 Å². The van der Waals surface area contributed by atoms with E-state index in [-0.39, 0.29) is 18.9 Å². The Bertz CT molecular complexity index is 601. The molecule has 0 aliphatic rings. The normalized spacial score (nSPS) is 12.8. The summed E-state index contributed by atoms with van der Waals surface area (Å²) in [7, 11) is 0. The van der Waals surface area contributed by atoms with Crippen molar-refractivity contribution >= 4 is 18.0 Å². The highest BCUT2D eigenvalue weighted by Gasteiger charge is 2.28. The van der Waals surface area contributed by atoms with Crippen LogP contribution in [0, 0.1) is 5.92 Å². The van der Waals surface area contributed by atoms with Crippen LogP contribution in [0.2, 0.25) is 0 Å². The molecule has 7 nitrogen and oxygen atoms in total. The second-order valence-electron chi connectivity index (χ2n) is 5.85. The van der Waals surface area contributed by atoms with Crippen LogP contribution in [-0.4, -0.2) is 35.2 Å². The zero-order valence-corrected chi connectivity index (χ0v) is 14.4. The SMILES string of the molecule is C=CC[C@H](NC(=O)[C@@H](NC(=O)OCc1ccccc1)C(C)C)C(=O)O. The third-order valence-corrected chi connectivity index (χ3v) is 3.45. The van der Waals surface area contributed by atoms with Gasteiger partial charge in [0, 0.05) is 0 Å². The largest absolute Gasteiger partial charge is 0.480 e. The Kier molecular flexibility index (Phi) is 8.18. The Morgan fingerprint density at radius 3 is 2.36 bits per heavy atom. The van der Waals surface area contributed by atoms with Crippen LogP contribution in [-0.2, 0) is 20.9 Å². The number of aliphatic carboxylic acids is 1. The molecule has 0 saturated heterocycles. The molecule has 0 saturated carbocycles. The number of carbonyl (C=O) groups excluding carboxylic acids is 2. The fraction of sp³-hybridized carbons (Fsp3) is 0.389. The number of carboxylic acids is 1. The van der Waals surface area contributed by atoms with Gasteiger partial charge in [-0.15, -0.1) is 6.58 Å². The fourth-order valence-electron chi connectivity index (χ4n) is 2.08. The molecule has 7 heteroatoms. The van der Waals surface area contributed by atoms with Crippen LogP contribution < -0.4 is 10.6 Å². The zero-order valence-electron chi connectivity index (χ0n) is 14.4. The number of benzene rings is 1. The van der Waals surface area contributed by atoms with E-state index in [0.29, 0.717) is 0 Å². The lowest BCUT2D eigenvalue weighted by Crippen LogP contribution is -2.53. The molecule has 0 aliphatic carbocycles. The van der Waals surface area contributed by atoms with Gasteiger partial charge in [0.25, 0.3) is 0 Å². The number of hydrogen-bond donors (Lipinski definition) is 3. The summed E-state index contributed by atoms with van der Waals surface area (Å²) in [5.74, 6) is -1.99. The van der Waals surface area contributed by atoms with Gasteiger partial charge in [-0.1, -0.05) is 50.3 Å². The number of carboxylic acid groups (broad SMARTS) is 1. The van der Waals surface area contributed by atoms with Crippen molar-refractivity contribution in [2.24, 2.45) is 5.92 Å². The second-order valence-corrected chi connectivity index (χ2v) is 5.85. The van der Waals surface area contributed by atoms with Crippen LogP contribution in [0.25, 0.3) is 0 Å². The summed E-state index contributed by atoms with van der Waals surface area (Å²) < 4.78 is 5.10. The maximum absolute atomic E-state index is 12.3. The summed E-state index contributed by atoms with van der Waals surface area (Å²) in [5, 5.41) is 14.0. The van der Waals surface area contributed by atoms with E-state index in [1.165, 1.54) is 6.08 Å². The topological polar surface area (TPSA) is 105 Å². The first-order valence-corrected chi connectivity index (χ1v) is 7.96. The predicted molar refractivity (Wildman–Crippen MR) is 92.8 cm³/mol. The van der Waals surface area contributed by atoms with Crippen LogP contribution in [0.3, 0.4) is 0 Å². The van der Waals surface area contributed by atoms with Crippen molar-refractivity contribution in [1.29, 1.82) is 0 Å². The lowest BCUT2D eigenvalue weighted by Gasteiger charge is -2.23. The van der Waals surface area contributed by atoms with Gasteiger partial charge >= 0.3 is 12.1 Å². The smallest absolute Gasteiger partial charge is 0.408 e. The van der Waals surface area contributed by atoms with Crippen molar-refractivity contribution in [2.45, 2.75) is 39.0 Å². The van der Waals surface area contributed by atoms with Gasteiger partial charge in [0.05, 0.1) is 0 Å². The number of alkyl carbamates (subject to hydrolysis) is 1. The van der Waals surface area contributed by atoms with Gasteiger partial charge in [-0.25, -0.2) is 9.59 Å². The van der Waals surface area contributed by atoms with E-state index >= 15 is 0 Å². The molecular weight excluding hydrogens is 324 g/mol. The fourth-order valence-corrected chi connectivity index (χ4v) is 2.08. The molecule has 1 aromatic rings. The standard InChI is InChI=1S/C18H24N2O5/c1-4-8-14(17(22)23)19-16(21)15(12(2)3)20-18(24)25-11-13-9-6-5-7-10-13/h4-7,9-10,12,14-15H,1,8,11H2,2-3H3,(H,19,21)(H,20,24)(H,22,23)/t14-,15-/m0/s1. The van der Waals surface area contributed by atoms with Crippen LogP contribution >= 0.6 is 0 Å². The lowest BCUT2D eigenvalue weighted by atomic mass is 10.0. The molecule has 1 rings (SSSR count). The van der Waals surface area contributed by atoms with E-state index < -0.39 is 30.1 Å². The van der Waals surface area contributed by atoms with Crippen LogP contribution in [0.5, 0.6) is 0 Å². The number of nitrogens with one attached hydrogen (secondary N) is 2. The van der Waals surface area contributed by atoms with Crippen molar-refractivity contribution in [2.75, 3.05) is 0 Å². The van der Waals surface area contributed by atoms with E-state index in [9.17, 15) is 14.4 Å². The van der Waals surface area contributed by atoms with Gasteiger partial charge in [0.2, 0.25) is 5.91 Å². The van der Waals surface area contributed by atoms with Gasteiger partial charge in [-0.05, 0) is 17.9 Å². The molecule has 3 N–H and O–H groups in total. The first-order valence-electron chi connectivity index (χ1n) is 7.96. The molecule has 0 aromatic heterocycles. The van der Waals surface area contributed by atoms with Crippen LogP contribution in [0.4, 0.5) is 4.79 Å². The molecule has 0 heterocycles. The van der Waals surface area contributed by atoms with Gasteiger partial charge in [-0.2, -0.15) is 0 Å². The lowest BCUT2D eigenvalue weighted by molar-refractivity contribution is -0.142. The molecule has 0 radical (unpaired) electrons. The average Bonchev–Trinajstić information content (AvgIpc) is 2.57. The highest BCUT2D eigenvalue weighted by atomic mass is 16.5. The van der Waals surface area contributed by atoms with Gasteiger partial charge < -0.3 is 20.5 Å². The Morgan fingerprint density at radius 2 is 1.84 bits per heavy atom. The van der Waals surface area contributed by atoms with E-state index in [2.05, 4.69) is 17.2 Å². The number of amides is 2. The van der Waals surface area contributed by atoms with E-state index in [0.717, 1.165) is 5.56 Å². The van der Waals surface area contributed by atoms with Gasteiger partial charge in [0.1, 0.15) is 18.7 Å². The van der Waals surface area contributed by atoms with Crippen LogP contribution in [0.1, 0.15) is 25.8 Å². The third kappa shape index (κ3) is 7.07. The molecule has 0 bridgehead atoms. The Morgan fingerprint density at radius 1 is 1.20 bits per heavy atom. The summed E-state index contributed by atoms with van der Waals surface area (Å²) >= 11 is 0. The highest BCUT2D eigenvalue weighted by Crippen LogP contribution is 2.06. The predicted octanol–water partition coefficient (Wildman–Crippen LogP) is 2.08. The monoisotopic (exact) mass is 348 g/mol. The summed E-state index contributed by atoms with van der Waals surface area (Å²) in [6.07, 6.45) is 0.753. The molecule has 0 aliphatic heterocycles. The first kappa shape index (κ1) is 20.2. The molecule has 1 aromatic carbocycles. The van der Waals surface area contributed by atoms with Crippen molar-refractivity contribution in [1.82, 2.24) is 10.6 Å². The number of ether oxygens (including phenoxy) is 1. The minimum absolute atomic E-state index is 0.0767. The van der Waals surface area contributed by atoms with Crippen molar-refractivity contribution in [3.63, 3.8) is 0 Å². The molecule has 0 fully saturated rings. The maximum Gasteiger partial charge on any atom is 0.408 e. The molecule has 0 spiro atoms. The molecule has 2 amide bonds. The van der Waals surface area contributed by atoms with Crippen molar-refractivity contribution < 1.29 is 24.2 Å². The van der Waals surface area contributed by atoms with Crippen molar-refractivity contribution in [3.8, 4) is 0 Å². The van der Waals surface area contributed by atoms with Crippen molar-refractivity contribution in [3.05, 3.63) is 48.6 Å². The number of hydrogen-bond acceptors (Lipinski definition) is 4. The summed E-state index contributed by atoms with van der Waals surface area (Å²) in [4.78, 5) is 35.4. The maximum atomic E-state index is 12.3. The third-order valence-electron chi connectivity index (χ3n) is 3.45. The van der Waals surface area contributed by atoms with E-state index in [1.54, 1.807) is 13.8 Å². The summed E-state index contributed by atoms with van der Waals surface area (Å²) in [6, 6.07) is 7.13. The molecular formula is C18H24N2O5. The Hall–Kier alpha value is -2.83. The minimum atomic E-state index is -1.16. The molecule has 136 valence electrons. The Balaban J connectivity index is 2.62. The van der Waals surface area contributed by atoms with E-state index in [4.69, 9.17) is 9.84 Å². The summed E-state index contributed by atoms with van der Waals surface area (Å²) in [5.41, 5.74) is 0.820. The van der Waals surface area contributed by atoms with Gasteiger partial charge in [-0.3, -0.25) is 4.79 Å². The highest BCUT2D eigenvalue weighted by molar-refractivity contribution is 5.89. The van der Waals surface area contributed by atoms with Gasteiger partial charge in [0.15, 0.2) is 0 Å². The zero-order chi connectivity index (χ0) is 18.8. The molecule has 25 heavy (non-hydrogen) atoms. The first-order chi connectivity index (χ1) is 11.8. The average molecular weight is 348 g/mol. The quantitative estimate of drug-likeness (QED) is 0.593. The molecule has 2 atom stereocenters. The summed E-state index contributed by atoms with van der Waals surface area (Å²) in [6.45, 7) is 7.03. The van der Waals surface area contributed by atoms with Crippen LogP contribution in [0.15, 0.2) is 43.0 Å². The Labute approximate surface area is 147 Å². The second kappa shape index (κ2) is 10.1. The minimum Gasteiger partial charge on any atom is -0.480 e. The number of rotatable bonds is 9. The number of carbonyl (C=O) groups is 3.